The molecule has 1 amide bonds. The topological polar surface area (TPSA) is 172 Å². The van der Waals surface area contributed by atoms with Crippen LogP contribution in [0, 0.1) is 27.9 Å². The molecule has 0 saturated heterocycles. The minimum atomic E-state index is -1.48. The Hall–Kier alpha value is -7.00. The minimum absolute atomic E-state index is 0.00495. The molecule has 0 aromatic heterocycles. The number of benzene rings is 5. The van der Waals surface area contributed by atoms with Gasteiger partial charge in [-0.2, -0.15) is 0 Å². The number of unbranched alkanes of at least 4 members (excludes halogenated alkanes) is 2. The van der Waals surface area contributed by atoms with Crippen molar-refractivity contribution >= 4 is 17.3 Å². The fourth-order valence-corrected chi connectivity index (χ4v) is 10.5. The summed E-state index contributed by atoms with van der Waals surface area (Å²) in [5.74, 6) is 0.305. The zero-order valence-electron chi connectivity index (χ0n) is 38.6. The number of likely N-dealkylation sites (N-methyl/N-ethyl adjacent to an activating group) is 1. The van der Waals surface area contributed by atoms with Crippen LogP contribution < -0.4 is 18.9 Å². The SMILES string of the molecule is C=CCO[C@@]12Oc3ccc(Oc4ccc(-c5ccccc5)cc4)cc3[C@H]3[C@H](CCCCO)[C@@H](CCCCO)C=C(C(=NOCc4ccc([N+](=O)[O-])cc4)C[C@@H]1N(C)C(=O)c1ccc4c(c1)OCO4)[C@H]32. The summed E-state index contributed by atoms with van der Waals surface area (Å²) in [4.78, 5) is 33.7. The molecule has 2 aliphatic carbocycles. The molecule has 358 valence electrons. The lowest BCUT2D eigenvalue weighted by atomic mass is 9.55. The number of nitrogens with zero attached hydrogens (tertiary/aromatic N) is 3. The van der Waals surface area contributed by atoms with Gasteiger partial charge in [-0.15, -0.1) is 6.58 Å². The van der Waals surface area contributed by atoms with Gasteiger partial charge in [0, 0.05) is 55.9 Å². The maximum absolute atomic E-state index is 14.9. The van der Waals surface area contributed by atoms with E-state index in [2.05, 4.69) is 30.9 Å². The van der Waals surface area contributed by atoms with Crippen molar-refractivity contribution in [3.8, 4) is 39.9 Å². The van der Waals surface area contributed by atoms with Crippen LogP contribution in [0.15, 0.2) is 145 Å². The van der Waals surface area contributed by atoms with E-state index in [-0.39, 0.29) is 69.0 Å². The van der Waals surface area contributed by atoms with Crippen molar-refractivity contribution in [2.45, 2.75) is 69.3 Å². The van der Waals surface area contributed by atoms with Gasteiger partial charge in [0.25, 0.3) is 11.6 Å². The Bertz CT molecular complexity index is 2690. The molecule has 0 unspecified atom stereocenters. The number of fused-ring (bicyclic) bond motifs is 3. The first-order valence-corrected chi connectivity index (χ1v) is 23.6. The molecule has 5 aromatic carbocycles. The third-order valence-electron chi connectivity index (χ3n) is 13.8. The van der Waals surface area contributed by atoms with Gasteiger partial charge in [-0.05, 0) is 120 Å². The van der Waals surface area contributed by atoms with E-state index in [4.69, 9.17) is 33.7 Å². The second-order valence-corrected chi connectivity index (χ2v) is 17.9. The van der Waals surface area contributed by atoms with Crippen molar-refractivity contribution in [3.05, 3.63) is 166 Å². The number of aliphatic hydroxyl groups excluding tert-OH is 2. The van der Waals surface area contributed by atoms with Gasteiger partial charge in [-0.1, -0.05) is 72.6 Å². The van der Waals surface area contributed by atoms with Gasteiger partial charge in [-0.3, -0.25) is 14.9 Å². The van der Waals surface area contributed by atoms with E-state index in [0.717, 1.165) is 47.9 Å². The normalized spacial score (nSPS) is 22.4. The van der Waals surface area contributed by atoms with E-state index in [9.17, 15) is 25.1 Å². The lowest BCUT2D eigenvalue weighted by Crippen LogP contribution is -2.69. The van der Waals surface area contributed by atoms with Crippen LogP contribution in [0.2, 0.25) is 0 Å². The second-order valence-electron chi connectivity index (χ2n) is 17.9. The standard InChI is InChI=1S/C55H57N3O11/c1-3-29-66-55-51(57(2)54(61)40-19-25-49-50(31-40)65-35-64-49)33-47(56-67-34-36-15-20-41(21-16-36)58(62)63)45-30-39(13-7-9-27-59)44(14-8-10-28-60)52(53(45)55)46-32-43(24-26-48(46)69-55)68-42-22-17-38(18-23-42)37-11-5-4-6-12-37/h3-6,11-12,15-26,30-32,39,44,51-53,59-60H,1,7-10,13-14,27-29,33-35H2,2H3/t39-,44+,51-,52+,53+,55+/m0/s1. The molecule has 1 fully saturated rings. The summed E-state index contributed by atoms with van der Waals surface area (Å²) >= 11 is 0. The predicted molar refractivity (Wildman–Crippen MR) is 259 cm³/mol. The van der Waals surface area contributed by atoms with Crippen molar-refractivity contribution in [2.24, 2.45) is 22.9 Å². The Morgan fingerprint density at radius 2 is 1.58 bits per heavy atom. The molecule has 2 aliphatic heterocycles. The van der Waals surface area contributed by atoms with Gasteiger partial charge in [0.15, 0.2) is 11.5 Å². The molecular weight excluding hydrogens is 879 g/mol. The Kier molecular flexibility index (Phi) is 14.4. The number of non-ortho nitro benzene ring substituents is 1. The molecule has 14 nitrogen and oxygen atoms in total. The summed E-state index contributed by atoms with van der Waals surface area (Å²) in [5, 5.41) is 36.3. The fourth-order valence-electron chi connectivity index (χ4n) is 10.5. The van der Waals surface area contributed by atoms with E-state index in [1.54, 1.807) is 48.4 Å². The highest BCUT2D eigenvalue weighted by atomic mass is 16.7. The third kappa shape index (κ3) is 9.83. The molecule has 2 N–H and O–H groups in total. The molecule has 2 heterocycles. The van der Waals surface area contributed by atoms with Crippen LogP contribution in [-0.4, -0.2) is 77.1 Å². The van der Waals surface area contributed by atoms with Gasteiger partial charge in [0.1, 0.15) is 29.9 Å². The largest absolute Gasteiger partial charge is 0.459 e. The zero-order chi connectivity index (χ0) is 47.9. The number of rotatable bonds is 20. The summed E-state index contributed by atoms with van der Waals surface area (Å²) in [5.41, 5.74) is 5.61. The molecule has 9 rings (SSSR count). The van der Waals surface area contributed by atoms with E-state index in [1.807, 2.05) is 54.6 Å². The van der Waals surface area contributed by atoms with Crippen LogP contribution in [0.1, 0.15) is 72.3 Å². The Labute approximate surface area is 401 Å². The highest BCUT2D eigenvalue weighted by Gasteiger charge is 2.65. The molecule has 0 radical (unpaired) electrons. The third-order valence-corrected chi connectivity index (χ3v) is 13.8. The highest BCUT2D eigenvalue weighted by molar-refractivity contribution is 6.03. The number of nitro groups is 1. The first-order valence-electron chi connectivity index (χ1n) is 23.6. The quantitative estimate of drug-likeness (QED) is 0.0329. The molecule has 4 aliphatic rings. The van der Waals surface area contributed by atoms with Crippen LogP contribution in [-0.2, 0) is 16.2 Å². The molecule has 0 spiro atoms. The number of allylic oxidation sites excluding steroid dienone is 1. The second kappa shape index (κ2) is 21.1. The van der Waals surface area contributed by atoms with Crippen LogP contribution in [0.3, 0.4) is 0 Å². The first kappa shape index (κ1) is 47.1. The van der Waals surface area contributed by atoms with Crippen molar-refractivity contribution in [1.82, 2.24) is 4.90 Å². The summed E-state index contributed by atoms with van der Waals surface area (Å²) < 4.78 is 32.3. The minimum Gasteiger partial charge on any atom is -0.459 e. The van der Waals surface area contributed by atoms with Gasteiger partial charge in [-0.25, -0.2) is 0 Å². The highest BCUT2D eigenvalue weighted by Crippen LogP contribution is 2.62. The number of amides is 1. The summed E-state index contributed by atoms with van der Waals surface area (Å²) in [6.07, 6.45) is 8.47. The number of nitro benzene ring substituents is 1. The van der Waals surface area contributed by atoms with Crippen LogP contribution >= 0.6 is 0 Å². The Balaban J connectivity index is 1.17. The van der Waals surface area contributed by atoms with Crippen LogP contribution in [0.4, 0.5) is 5.69 Å². The molecule has 69 heavy (non-hydrogen) atoms. The summed E-state index contributed by atoms with van der Waals surface area (Å²) in [6.45, 7) is 4.36. The van der Waals surface area contributed by atoms with Gasteiger partial charge >= 0.3 is 0 Å². The molecule has 5 aromatic rings. The van der Waals surface area contributed by atoms with Crippen LogP contribution in [0.25, 0.3) is 11.1 Å². The van der Waals surface area contributed by atoms with Crippen molar-refractivity contribution in [2.75, 3.05) is 33.7 Å². The van der Waals surface area contributed by atoms with E-state index >= 15 is 0 Å². The zero-order valence-corrected chi connectivity index (χ0v) is 38.6. The van der Waals surface area contributed by atoms with E-state index < -0.39 is 22.7 Å². The average Bonchev–Trinajstić information content (AvgIpc) is 3.86. The molecule has 6 atom stereocenters. The molecule has 1 saturated carbocycles. The fraction of sp³-hybridized carbons (Fsp3) is 0.345. The summed E-state index contributed by atoms with van der Waals surface area (Å²) in [6, 6.07) is 34.5. The number of ether oxygens (including phenoxy) is 5. The van der Waals surface area contributed by atoms with E-state index in [1.165, 1.54) is 12.1 Å². The number of carbonyl (C=O) groups excluding carboxylic acids is 1. The van der Waals surface area contributed by atoms with Gasteiger partial charge < -0.3 is 43.6 Å². The number of carbonyl (C=O) groups is 1. The van der Waals surface area contributed by atoms with Crippen molar-refractivity contribution < 1.29 is 48.5 Å². The Morgan fingerprint density at radius 3 is 2.32 bits per heavy atom. The van der Waals surface area contributed by atoms with Gasteiger partial charge in [0.05, 0.1) is 23.2 Å². The van der Waals surface area contributed by atoms with Crippen molar-refractivity contribution in [3.63, 3.8) is 0 Å². The number of oxime groups is 1. The lowest BCUT2D eigenvalue weighted by Gasteiger charge is -2.59. The number of aliphatic hydroxyl groups is 2. The maximum Gasteiger partial charge on any atom is 0.269 e. The first-order chi connectivity index (χ1) is 33.7. The number of hydrogen-bond donors (Lipinski definition) is 2. The monoisotopic (exact) mass is 935 g/mol. The molecule has 0 bridgehead atoms. The number of hydrogen-bond acceptors (Lipinski definition) is 12. The summed E-state index contributed by atoms with van der Waals surface area (Å²) in [7, 11) is 1.74. The lowest BCUT2D eigenvalue weighted by molar-refractivity contribution is -0.384. The maximum atomic E-state index is 14.9. The van der Waals surface area contributed by atoms with Gasteiger partial charge in [0.2, 0.25) is 12.6 Å². The van der Waals surface area contributed by atoms with Crippen molar-refractivity contribution in [1.29, 1.82) is 0 Å². The molecular formula is C55H57N3O11. The smallest absolute Gasteiger partial charge is 0.269 e. The van der Waals surface area contributed by atoms with Crippen LogP contribution in [0.5, 0.6) is 28.7 Å². The predicted octanol–water partition coefficient (Wildman–Crippen LogP) is 10.4. The van der Waals surface area contributed by atoms with E-state index in [0.29, 0.717) is 58.4 Å². The molecule has 14 heteroatoms. The Morgan fingerprint density at radius 1 is 0.870 bits per heavy atom. The average molecular weight is 936 g/mol.